The zero-order valence-corrected chi connectivity index (χ0v) is 11.3. The first-order chi connectivity index (χ1) is 9.22. The number of nitrogens with two attached hydrogens (primary N) is 1. The summed E-state index contributed by atoms with van der Waals surface area (Å²) in [6.45, 7) is 2.66. The van der Waals surface area contributed by atoms with Crippen molar-refractivity contribution in [3.8, 4) is 5.75 Å². The number of rotatable bonds is 6. The van der Waals surface area contributed by atoms with Crippen LogP contribution in [0.15, 0.2) is 28.8 Å². The lowest BCUT2D eigenvalue weighted by Gasteiger charge is -2.02. The van der Waals surface area contributed by atoms with Gasteiger partial charge >= 0.3 is 0 Å². The van der Waals surface area contributed by atoms with Crippen LogP contribution in [0.5, 0.6) is 5.75 Å². The van der Waals surface area contributed by atoms with Crippen molar-refractivity contribution in [1.29, 1.82) is 0 Å². The molecular formula is C14H19N3O2. The van der Waals surface area contributed by atoms with Crippen LogP contribution in [-0.4, -0.2) is 23.8 Å². The summed E-state index contributed by atoms with van der Waals surface area (Å²) in [4.78, 5) is 4.40. The van der Waals surface area contributed by atoms with E-state index in [9.17, 15) is 0 Å². The van der Waals surface area contributed by atoms with E-state index in [0.29, 0.717) is 24.7 Å². The van der Waals surface area contributed by atoms with Crippen LogP contribution in [0.1, 0.15) is 36.5 Å². The first kappa shape index (κ1) is 13.5. The molecule has 1 aromatic carbocycles. The van der Waals surface area contributed by atoms with Gasteiger partial charge in [-0.25, -0.2) is 0 Å². The van der Waals surface area contributed by atoms with E-state index in [2.05, 4.69) is 10.1 Å². The summed E-state index contributed by atoms with van der Waals surface area (Å²) < 4.78 is 10.4. The predicted octanol–water partition coefficient (Wildman–Crippen LogP) is 2.12. The predicted molar refractivity (Wildman–Crippen MR) is 72.2 cm³/mol. The maximum atomic E-state index is 5.52. The third kappa shape index (κ3) is 3.54. The molecule has 102 valence electrons. The Morgan fingerprint density at radius 3 is 2.68 bits per heavy atom. The molecule has 0 amide bonds. The van der Waals surface area contributed by atoms with Crippen LogP contribution in [-0.2, 0) is 6.42 Å². The zero-order valence-electron chi connectivity index (χ0n) is 11.3. The van der Waals surface area contributed by atoms with Crippen LogP contribution >= 0.6 is 0 Å². The second-order valence-electron chi connectivity index (χ2n) is 4.55. The number of hydrogen-bond acceptors (Lipinski definition) is 5. The van der Waals surface area contributed by atoms with Crippen molar-refractivity contribution in [3.63, 3.8) is 0 Å². The Balaban J connectivity index is 2.02. The van der Waals surface area contributed by atoms with Crippen LogP contribution in [0.2, 0.25) is 0 Å². The Morgan fingerprint density at radius 1 is 1.32 bits per heavy atom. The number of benzene rings is 1. The molecule has 1 unspecified atom stereocenters. The zero-order chi connectivity index (χ0) is 13.7. The van der Waals surface area contributed by atoms with Gasteiger partial charge in [0.05, 0.1) is 7.11 Å². The second-order valence-corrected chi connectivity index (χ2v) is 4.55. The van der Waals surface area contributed by atoms with Crippen molar-refractivity contribution in [3.05, 3.63) is 41.5 Å². The lowest BCUT2D eigenvalue weighted by molar-refractivity contribution is 0.351. The molecule has 0 fully saturated rings. The van der Waals surface area contributed by atoms with Gasteiger partial charge in [0.1, 0.15) is 5.75 Å². The standard InChI is InChI=1S/C14H19N3O2/c1-10(7-8-15)14-16-13(17-19-14)9-11-3-5-12(18-2)6-4-11/h3-6,10H,7-9,15H2,1-2H3. The molecule has 19 heavy (non-hydrogen) atoms. The number of aromatic nitrogens is 2. The summed E-state index contributed by atoms with van der Waals surface area (Å²) >= 11 is 0. The Hall–Kier alpha value is -1.88. The minimum atomic E-state index is 0.210. The van der Waals surface area contributed by atoms with Gasteiger partial charge < -0.3 is 15.0 Å². The number of nitrogens with zero attached hydrogens (tertiary/aromatic N) is 2. The molecule has 0 aliphatic heterocycles. The third-order valence-corrected chi connectivity index (χ3v) is 3.03. The largest absolute Gasteiger partial charge is 0.497 e. The molecule has 2 aromatic rings. The normalized spacial score (nSPS) is 12.4. The van der Waals surface area contributed by atoms with Gasteiger partial charge in [-0.15, -0.1) is 0 Å². The van der Waals surface area contributed by atoms with Gasteiger partial charge in [-0.1, -0.05) is 24.2 Å². The fourth-order valence-corrected chi connectivity index (χ4v) is 1.84. The van der Waals surface area contributed by atoms with E-state index >= 15 is 0 Å². The maximum Gasteiger partial charge on any atom is 0.229 e. The molecular weight excluding hydrogens is 242 g/mol. The molecule has 0 bridgehead atoms. The second kappa shape index (κ2) is 6.33. The number of methoxy groups -OCH3 is 1. The van der Waals surface area contributed by atoms with Gasteiger partial charge in [-0.3, -0.25) is 0 Å². The van der Waals surface area contributed by atoms with Crippen molar-refractivity contribution >= 4 is 0 Å². The van der Waals surface area contributed by atoms with Crippen molar-refractivity contribution in [2.75, 3.05) is 13.7 Å². The van der Waals surface area contributed by atoms with E-state index in [0.717, 1.165) is 17.7 Å². The topological polar surface area (TPSA) is 74.2 Å². The van der Waals surface area contributed by atoms with Crippen molar-refractivity contribution in [1.82, 2.24) is 10.1 Å². The summed E-state index contributed by atoms with van der Waals surface area (Å²) in [6.07, 6.45) is 1.51. The molecule has 1 heterocycles. The molecule has 0 saturated heterocycles. The van der Waals surface area contributed by atoms with E-state index in [-0.39, 0.29) is 5.92 Å². The van der Waals surface area contributed by atoms with Crippen LogP contribution in [0.3, 0.4) is 0 Å². The molecule has 0 aliphatic rings. The summed E-state index contributed by atoms with van der Waals surface area (Å²) in [7, 11) is 1.65. The van der Waals surface area contributed by atoms with Crippen LogP contribution < -0.4 is 10.5 Å². The molecule has 5 nitrogen and oxygen atoms in total. The Labute approximate surface area is 112 Å². The minimum absolute atomic E-state index is 0.210. The molecule has 0 spiro atoms. The minimum Gasteiger partial charge on any atom is -0.497 e. The molecule has 0 saturated carbocycles. The average Bonchev–Trinajstić information content (AvgIpc) is 2.88. The van der Waals surface area contributed by atoms with Gasteiger partial charge in [0.25, 0.3) is 0 Å². The van der Waals surface area contributed by atoms with Gasteiger partial charge in [-0.05, 0) is 30.7 Å². The van der Waals surface area contributed by atoms with Crippen LogP contribution in [0, 0.1) is 0 Å². The smallest absolute Gasteiger partial charge is 0.229 e. The molecule has 0 aliphatic carbocycles. The highest BCUT2D eigenvalue weighted by atomic mass is 16.5. The lowest BCUT2D eigenvalue weighted by atomic mass is 10.1. The lowest BCUT2D eigenvalue weighted by Crippen LogP contribution is -2.04. The van der Waals surface area contributed by atoms with Crippen molar-refractivity contribution in [2.45, 2.75) is 25.7 Å². The molecule has 1 aromatic heterocycles. The third-order valence-electron chi connectivity index (χ3n) is 3.03. The van der Waals surface area contributed by atoms with Crippen molar-refractivity contribution in [2.24, 2.45) is 5.73 Å². The summed E-state index contributed by atoms with van der Waals surface area (Å²) in [6, 6.07) is 7.84. The van der Waals surface area contributed by atoms with Gasteiger partial charge in [0.15, 0.2) is 5.82 Å². The monoisotopic (exact) mass is 261 g/mol. The number of ether oxygens (including phenoxy) is 1. The Kier molecular flexibility index (Phi) is 4.52. The average molecular weight is 261 g/mol. The molecule has 1 atom stereocenters. The van der Waals surface area contributed by atoms with Crippen molar-refractivity contribution < 1.29 is 9.26 Å². The van der Waals surface area contributed by atoms with E-state index in [1.54, 1.807) is 7.11 Å². The van der Waals surface area contributed by atoms with Crippen LogP contribution in [0.25, 0.3) is 0 Å². The number of hydrogen-bond donors (Lipinski definition) is 1. The van der Waals surface area contributed by atoms with E-state index in [4.69, 9.17) is 15.0 Å². The first-order valence-corrected chi connectivity index (χ1v) is 6.38. The molecule has 2 N–H and O–H groups in total. The van der Waals surface area contributed by atoms with E-state index < -0.39 is 0 Å². The molecule has 2 rings (SSSR count). The van der Waals surface area contributed by atoms with Gasteiger partial charge in [0.2, 0.25) is 5.89 Å². The fourth-order valence-electron chi connectivity index (χ4n) is 1.84. The maximum absolute atomic E-state index is 5.52. The highest BCUT2D eigenvalue weighted by Crippen LogP contribution is 2.18. The highest BCUT2D eigenvalue weighted by Gasteiger charge is 2.13. The van der Waals surface area contributed by atoms with Crippen LogP contribution in [0.4, 0.5) is 0 Å². The van der Waals surface area contributed by atoms with E-state index in [1.165, 1.54) is 0 Å². The Morgan fingerprint density at radius 2 is 2.05 bits per heavy atom. The fraction of sp³-hybridized carbons (Fsp3) is 0.429. The summed E-state index contributed by atoms with van der Waals surface area (Å²) in [5, 5.41) is 4.00. The summed E-state index contributed by atoms with van der Waals surface area (Å²) in [5.41, 5.74) is 6.65. The Bertz CT molecular complexity index is 508. The van der Waals surface area contributed by atoms with Gasteiger partial charge in [0, 0.05) is 12.3 Å². The van der Waals surface area contributed by atoms with E-state index in [1.807, 2.05) is 31.2 Å². The summed E-state index contributed by atoms with van der Waals surface area (Å²) in [5.74, 6) is 2.41. The SMILES string of the molecule is COc1ccc(Cc2noc(C(C)CCN)n2)cc1. The highest BCUT2D eigenvalue weighted by molar-refractivity contribution is 5.28. The molecule has 5 heteroatoms. The first-order valence-electron chi connectivity index (χ1n) is 6.38. The van der Waals surface area contributed by atoms with Gasteiger partial charge in [-0.2, -0.15) is 4.98 Å². The quantitative estimate of drug-likeness (QED) is 0.862. The molecule has 0 radical (unpaired) electrons.